The van der Waals surface area contributed by atoms with E-state index in [1.165, 1.54) is 18.2 Å². The maximum absolute atomic E-state index is 13.4. The van der Waals surface area contributed by atoms with Gasteiger partial charge >= 0.3 is 0 Å². The van der Waals surface area contributed by atoms with E-state index in [0.29, 0.717) is 24.8 Å². The summed E-state index contributed by atoms with van der Waals surface area (Å²) in [4.78, 5) is 11.8. The van der Waals surface area contributed by atoms with Crippen LogP contribution in [-0.2, 0) is 4.74 Å². The quantitative estimate of drug-likeness (QED) is 0.869. The molecule has 1 atom stereocenters. The molecule has 98 valence electrons. The van der Waals surface area contributed by atoms with Crippen molar-refractivity contribution < 1.29 is 13.9 Å². The third kappa shape index (κ3) is 3.41. The topological polar surface area (TPSA) is 50.4 Å². The lowest BCUT2D eigenvalue weighted by atomic mass is 10.2. The van der Waals surface area contributed by atoms with E-state index in [1.807, 2.05) is 0 Å². The Kier molecular flexibility index (Phi) is 4.52. The lowest BCUT2D eigenvalue weighted by Gasteiger charge is -2.23. The summed E-state index contributed by atoms with van der Waals surface area (Å²) in [5.74, 6) is -1.05. The molecule has 2 rings (SSSR count). The summed E-state index contributed by atoms with van der Waals surface area (Å²) >= 11 is 5.73. The fourth-order valence-corrected chi connectivity index (χ4v) is 1.91. The molecule has 1 aliphatic heterocycles. The van der Waals surface area contributed by atoms with Crippen molar-refractivity contribution in [2.75, 3.05) is 26.3 Å². The highest BCUT2D eigenvalue weighted by Crippen LogP contribution is 2.14. The van der Waals surface area contributed by atoms with Crippen molar-refractivity contribution >= 4 is 17.5 Å². The standard InChI is InChI=1S/C12H14ClFN2O2/c13-8-1-2-11(14)10(5-8)12(17)16-6-9-7-18-4-3-15-9/h1-2,5,9,15H,3-4,6-7H2,(H,16,17). The lowest BCUT2D eigenvalue weighted by Crippen LogP contribution is -2.48. The smallest absolute Gasteiger partial charge is 0.254 e. The molecule has 1 saturated heterocycles. The molecule has 1 fully saturated rings. The van der Waals surface area contributed by atoms with Crippen LogP contribution in [0, 0.1) is 5.82 Å². The second kappa shape index (κ2) is 6.13. The van der Waals surface area contributed by atoms with Gasteiger partial charge < -0.3 is 15.4 Å². The van der Waals surface area contributed by atoms with Crippen LogP contribution in [0.1, 0.15) is 10.4 Å². The molecule has 1 heterocycles. The average molecular weight is 273 g/mol. The molecule has 18 heavy (non-hydrogen) atoms. The van der Waals surface area contributed by atoms with Crippen LogP contribution in [0.5, 0.6) is 0 Å². The molecular formula is C12H14ClFN2O2. The second-order valence-corrected chi connectivity index (χ2v) is 4.50. The molecule has 0 bridgehead atoms. The van der Waals surface area contributed by atoms with Crippen LogP contribution < -0.4 is 10.6 Å². The van der Waals surface area contributed by atoms with Crippen LogP contribution in [0.15, 0.2) is 18.2 Å². The van der Waals surface area contributed by atoms with E-state index < -0.39 is 11.7 Å². The minimum Gasteiger partial charge on any atom is -0.378 e. The van der Waals surface area contributed by atoms with Gasteiger partial charge in [0.25, 0.3) is 5.91 Å². The first-order valence-corrected chi connectivity index (χ1v) is 6.09. The molecule has 0 aromatic heterocycles. The highest BCUT2D eigenvalue weighted by molar-refractivity contribution is 6.30. The van der Waals surface area contributed by atoms with E-state index in [2.05, 4.69) is 10.6 Å². The minimum absolute atomic E-state index is 0.0424. The fraction of sp³-hybridized carbons (Fsp3) is 0.417. The SMILES string of the molecule is O=C(NCC1COCCN1)c1cc(Cl)ccc1F. The second-order valence-electron chi connectivity index (χ2n) is 4.06. The largest absolute Gasteiger partial charge is 0.378 e. The van der Waals surface area contributed by atoms with Crippen molar-refractivity contribution in [2.45, 2.75) is 6.04 Å². The van der Waals surface area contributed by atoms with Gasteiger partial charge in [0.2, 0.25) is 0 Å². The number of morpholine rings is 1. The van der Waals surface area contributed by atoms with Gasteiger partial charge in [-0.2, -0.15) is 0 Å². The van der Waals surface area contributed by atoms with E-state index in [4.69, 9.17) is 16.3 Å². The predicted octanol–water partition coefficient (Wildman–Crippen LogP) is 1.20. The van der Waals surface area contributed by atoms with E-state index in [9.17, 15) is 9.18 Å². The summed E-state index contributed by atoms with van der Waals surface area (Å²) in [6.45, 7) is 2.36. The van der Waals surface area contributed by atoms with Crippen LogP contribution in [0.2, 0.25) is 5.02 Å². The zero-order valence-electron chi connectivity index (χ0n) is 9.71. The third-order valence-electron chi connectivity index (χ3n) is 2.68. The zero-order valence-corrected chi connectivity index (χ0v) is 10.5. The number of hydrogen-bond donors (Lipinski definition) is 2. The van der Waals surface area contributed by atoms with E-state index in [0.717, 1.165) is 6.54 Å². The summed E-state index contributed by atoms with van der Waals surface area (Å²) in [6.07, 6.45) is 0. The highest BCUT2D eigenvalue weighted by Gasteiger charge is 2.16. The minimum atomic E-state index is -0.579. The first kappa shape index (κ1) is 13.3. The number of halogens is 2. The van der Waals surface area contributed by atoms with Crippen molar-refractivity contribution in [2.24, 2.45) is 0 Å². The van der Waals surface area contributed by atoms with Gasteiger partial charge in [0.1, 0.15) is 5.82 Å². The number of nitrogens with one attached hydrogen (secondary N) is 2. The predicted molar refractivity (Wildman–Crippen MR) is 66.4 cm³/mol. The van der Waals surface area contributed by atoms with Crippen LogP contribution in [0.3, 0.4) is 0 Å². The van der Waals surface area contributed by atoms with Crippen LogP contribution >= 0.6 is 11.6 Å². The fourth-order valence-electron chi connectivity index (χ4n) is 1.73. The van der Waals surface area contributed by atoms with Crippen LogP contribution in [-0.4, -0.2) is 38.3 Å². The first-order valence-electron chi connectivity index (χ1n) is 5.71. The molecule has 1 amide bonds. The van der Waals surface area contributed by atoms with Gasteiger partial charge in [-0.3, -0.25) is 4.79 Å². The summed E-state index contributed by atoms with van der Waals surface area (Å²) < 4.78 is 18.7. The van der Waals surface area contributed by atoms with Gasteiger partial charge in [-0.1, -0.05) is 11.6 Å². The molecule has 4 nitrogen and oxygen atoms in total. The number of rotatable bonds is 3. The summed E-state index contributed by atoms with van der Waals surface area (Å²) in [7, 11) is 0. The molecule has 2 N–H and O–H groups in total. The van der Waals surface area contributed by atoms with Crippen LogP contribution in [0.4, 0.5) is 4.39 Å². The van der Waals surface area contributed by atoms with Crippen molar-refractivity contribution in [3.63, 3.8) is 0 Å². The molecule has 1 aromatic carbocycles. The maximum Gasteiger partial charge on any atom is 0.254 e. The molecule has 0 saturated carbocycles. The number of carbonyl (C=O) groups is 1. The van der Waals surface area contributed by atoms with Gasteiger partial charge in [-0.25, -0.2) is 4.39 Å². The van der Waals surface area contributed by atoms with Gasteiger partial charge in [-0.15, -0.1) is 0 Å². The third-order valence-corrected chi connectivity index (χ3v) is 2.92. The molecule has 0 spiro atoms. The van der Waals surface area contributed by atoms with Crippen molar-refractivity contribution in [1.82, 2.24) is 10.6 Å². The normalized spacial score (nSPS) is 19.6. The summed E-state index contributed by atoms with van der Waals surface area (Å²) in [5, 5.41) is 6.18. The van der Waals surface area contributed by atoms with Gasteiger partial charge in [0.05, 0.1) is 18.8 Å². The monoisotopic (exact) mass is 272 g/mol. The molecular weight excluding hydrogens is 259 g/mol. The van der Waals surface area contributed by atoms with E-state index >= 15 is 0 Å². The Hall–Kier alpha value is -1.17. The number of carbonyl (C=O) groups excluding carboxylic acids is 1. The Bertz CT molecular complexity index is 436. The lowest BCUT2D eigenvalue weighted by molar-refractivity contribution is 0.0734. The Morgan fingerprint density at radius 3 is 3.17 bits per heavy atom. The molecule has 1 aliphatic rings. The number of ether oxygens (including phenoxy) is 1. The Morgan fingerprint density at radius 1 is 1.61 bits per heavy atom. The first-order chi connectivity index (χ1) is 8.66. The van der Waals surface area contributed by atoms with Crippen LogP contribution in [0.25, 0.3) is 0 Å². The Labute approximate surface area is 109 Å². The maximum atomic E-state index is 13.4. The van der Waals surface area contributed by atoms with E-state index in [-0.39, 0.29) is 11.6 Å². The summed E-state index contributed by atoms with van der Waals surface area (Å²) in [6, 6.07) is 3.96. The molecule has 1 unspecified atom stereocenters. The molecule has 1 aromatic rings. The highest BCUT2D eigenvalue weighted by atomic mass is 35.5. The molecule has 6 heteroatoms. The van der Waals surface area contributed by atoms with Crippen molar-refractivity contribution in [3.05, 3.63) is 34.6 Å². The number of benzene rings is 1. The zero-order chi connectivity index (χ0) is 13.0. The van der Waals surface area contributed by atoms with Crippen molar-refractivity contribution in [1.29, 1.82) is 0 Å². The average Bonchev–Trinajstić information content (AvgIpc) is 2.40. The Balaban J connectivity index is 1.92. The molecule has 0 radical (unpaired) electrons. The van der Waals surface area contributed by atoms with Gasteiger partial charge in [0, 0.05) is 24.2 Å². The van der Waals surface area contributed by atoms with Gasteiger partial charge in [0.15, 0.2) is 0 Å². The number of hydrogen-bond acceptors (Lipinski definition) is 3. The van der Waals surface area contributed by atoms with E-state index in [1.54, 1.807) is 0 Å². The van der Waals surface area contributed by atoms with Gasteiger partial charge in [-0.05, 0) is 18.2 Å². The summed E-state index contributed by atoms with van der Waals surface area (Å²) in [5.41, 5.74) is -0.0424. The van der Waals surface area contributed by atoms with Crippen molar-refractivity contribution in [3.8, 4) is 0 Å². The molecule has 0 aliphatic carbocycles. The Morgan fingerprint density at radius 2 is 2.44 bits per heavy atom. The number of amides is 1.